The number of nitrogens with zero attached hydrogens (tertiary/aromatic N) is 1. The van der Waals surface area contributed by atoms with Crippen LogP contribution in [0, 0.1) is 17.7 Å². The van der Waals surface area contributed by atoms with Crippen LogP contribution in [0.5, 0.6) is 0 Å². The van der Waals surface area contributed by atoms with Crippen molar-refractivity contribution in [3.8, 4) is 0 Å². The number of amides is 1. The van der Waals surface area contributed by atoms with Crippen LogP contribution in [-0.2, 0) is 21.7 Å². The molecule has 2 nitrogen and oxygen atoms in total. The van der Waals surface area contributed by atoms with Crippen molar-refractivity contribution in [2.45, 2.75) is 19.9 Å². The summed E-state index contributed by atoms with van der Waals surface area (Å²) in [5.41, 5.74) is 0.364. The third-order valence-electron chi connectivity index (χ3n) is 2.93. The summed E-state index contributed by atoms with van der Waals surface area (Å²) in [5.74, 6) is -2.09. The first-order chi connectivity index (χ1) is 9.90. The Morgan fingerprint density at radius 1 is 1.14 bits per heavy atom. The number of carbonyl (C=O) groups excluding carboxylic acids is 1. The van der Waals surface area contributed by atoms with E-state index in [-0.39, 0.29) is 39.4 Å². The fourth-order valence-corrected chi connectivity index (χ4v) is 2.10. The predicted molar refractivity (Wildman–Crippen MR) is 78.6 cm³/mol. The van der Waals surface area contributed by atoms with Gasteiger partial charge in [-0.2, -0.15) is 0 Å². The minimum absolute atomic E-state index is 0. The van der Waals surface area contributed by atoms with Crippen molar-refractivity contribution in [2.24, 2.45) is 0 Å². The van der Waals surface area contributed by atoms with Gasteiger partial charge < -0.3 is 4.90 Å². The summed E-state index contributed by atoms with van der Waals surface area (Å²) in [7, 11) is 0. The van der Waals surface area contributed by atoms with Crippen LogP contribution >= 0.6 is 11.6 Å². The molecule has 0 N–H and O–H groups in total. The second-order valence-corrected chi connectivity index (χ2v) is 5.22. The van der Waals surface area contributed by atoms with E-state index >= 15 is 0 Å². The van der Waals surface area contributed by atoms with Gasteiger partial charge in [0.15, 0.2) is 0 Å². The van der Waals surface area contributed by atoms with Gasteiger partial charge in [0.05, 0.1) is 0 Å². The molecule has 0 unspecified atom stereocenters. The van der Waals surface area contributed by atoms with Gasteiger partial charge in [-0.25, -0.2) is 8.78 Å². The van der Waals surface area contributed by atoms with E-state index in [0.717, 1.165) is 6.07 Å². The Bertz CT molecular complexity index is 662. The standard InChI is InChI=1S/C16H13ClF2NO.Ti/c1-10(2)20(15-8-7-13(18)9-14(15)19)16(21)11-3-5-12(17)6-4-11;/h3-8,10H,1-2H3;/q-1;. The topological polar surface area (TPSA) is 20.3 Å². The summed E-state index contributed by atoms with van der Waals surface area (Å²) in [6, 6.07) is 10.2. The third kappa shape index (κ3) is 4.16. The molecule has 0 radical (unpaired) electrons. The Balaban J connectivity index is 0.00000242. The minimum Gasteiger partial charge on any atom is -0.357 e. The number of carbonyl (C=O) groups is 1. The van der Waals surface area contributed by atoms with Gasteiger partial charge in [-0.15, -0.1) is 18.2 Å². The number of hydrogen-bond donors (Lipinski definition) is 0. The molecule has 0 saturated carbocycles. The molecule has 0 atom stereocenters. The Labute approximate surface area is 148 Å². The van der Waals surface area contributed by atoms with Crippen LogP contribution in [0.2, 0.25) is 5.02 Å². The molecular weight excluding hydrogens is 343 g/mol. The normalized spacial score (nSPS) is 10.3. The molecule has 114 valence electrons. The third-order valence-corrected chi connectivity index (χ3v) is 3.18. The number of halogens is 3. The Morgan fingerprint density at radius 3 is 2.23 bits per heavy atom. The Morgan fingerprint density at radius 2 is 1.73 bits per heavy atom. The van der Waals surface area contributed by atoms with Gasteiger partial charge in [-0.1, -0.05) is 11.6 Å². The van der Waals surface area contributed by atoms with E-state index in [2.05, 4.69) is 0 Å². The van der Waals surface area contributed by atoms with E-state index in [1.807, 2.05) is 6.07 Å². The van der Waals surface area contributed by atoms with Crippen molar-refractivity contribution in [3.05, 3.63) is 64.7 Å². The summed E-state index contributed by atoms with van der Waals surface area (Å²) in [4.78, 5) is 13.8. The van der Waals surface area contributed by atoms with Crippen LogP contribution in [0.25, 0.3) is 0 Å². The fraction of sp³-hybridized carbons (Fsp3) is 0.188. The summed E-state index contributed by atoms with van der Waals surface area (Å²) in [6.45, 7) is 3.49. The maximum absolute atomic E-state index is 13.9. The van der Waals surface area contributed by atoms with Gasteiger partial charge in [0, 0.05) is 50.0 Å². The zero-order chi connectivity index (χ0) is 15.6. The second-order valence-electron chi connectivity index (χ2n) is 4.78. The van der Waals surface area contributed by atoms with Gasteiger partial charge >= 0.3 is 0 Å². The van der Waals surface area contributed by atoms with E-state index in [9.17, 15) is 13.6 Å². The molecule has 6 heteroatoms. The van der Waals surface area contributed by atoms with Crippen LogP contribution in [-0.4, -0.2) is 11.9 Å². The molecular formula is C16H13ClF2NOTi-. The Kier molecular flexibility index (Phi) is 6.73. The molecule has 0 spiro atoms. The molecule has 0 bridgehead atoms. The molecule has 1 amide bonds. The zero-order valence-electron chi connectivity index (χ0n) is 12.0. The van der Waals surface area contributed by atoms with Crippen LogP contribution in [0.4, 0.5) is 14.5 Å². The molecule has 0 aliphatic carbocycles. The van der Waals surface area contributed by atoms with Gasteiger partial charge in [0.1, 0.15) is 0 Å². The van der Waals surface area contributed by atoms with Crippen molar-refractivity contribution >= 4 is 23.2 Å². The van der Waals surface area contributed by atoms with Crippen molar-refractivity contribution in [2.75, 3.05) is 4.90 Å². The van der Waals surface area contributed by atoms with E-state index < -0.39 is 11.6 Å². The molecule has 0 aromatic heterocycles. The molecule has 22 heavy (non-hydrogen) atoms. The predicted octanol–water partition coefficient (Wildman–Crippen LogP) is 4.47. The smallest absolute Gasteiger partial charge is 0.247 e. The first-order valence-corrected chi connectivity index (χ1v) is 6.74. The minimum atomic E-state index is -0.897. The number of rotatable bonds is 3. The summed E-state index contributed by atoms with van der Waals surface area (Å²) in [5, 5.41) is 0.504. The van der Waals surface area contributed by atoms with Crippen LogP contribution in [0.1, 0.15) is 24.2 Å². The first kappa shape index (κ1) is 18.8. The quantitative estimate of drug-likeness (QED) is 0.587. The van der Waals surface area contributed by atoms with Gasteiger partial charge in [-0.3, -0.25) is 4.79 Å². The van der Waals surface area contributed by atoms with Gasteiger partial charge in [0.2, 0.25) is 5.91 Å². The maximum atomic E-state index is 13.9. The average molecular weight is 357 g/mol. The molecule has 0 aliphatic rings. The van der Waals surface area contributed by atoms with E-state index in [1.54, 1.807) is 38.1 Å². The molecule has 0 heterocycles. The van der Waals surface area contributed by atoms with E-state index in [4.69, 9.17) is 11.6 Å². The maximum Gasteiger partial charge on any atom is 0.247 e. The van der Waals surface area contributed by atoms with Crippen molar-refractivity contribution in [1.29, 1.82) is 0 Å². The van der Waals surface area contributed by atoms with Crippen molar-refractivity contribution in [1.82, 2.24) is 0 Å². The fourth-order valence-electron chi connectivity index (χ4n) is 1.98. The molecule has 2 rings (SSSR count). The molecule has 0 saturated heterocycles. The second kappa shape index (κ2) is 7.86. The van der Waals surface area contributed by atoms with Crippen LogP contribution < -0.4 is 4.90 Å². The van der Waals surface area contributed by atoms with Crippen molar-refractivity contribution in [3.63, 3.8) is 0 Å². The van der Waals surface area contributed by atoms with Crippen molar-refractivity contribution < 1.29 is 35.3 Å². The molecule has 2 aromatic carbocycles. The molecule has 2 aromatic rings. The summed E-state index contributed by atoms with van der Waals surface area (Å²) in [6.07, 6.45) is 0. The Hall–Kier alpha value is -1.23. The SMILES string of the molecule is CC(C)N(C(=O)c1ccc(Cl)cc1)c1ccc(F)[c-]c1F.[Ti]. The molecule has 0 aliphatic heterocycles. The van der Waals surface area contributed by atoms with Gasteiger partial charge in [0.25, 0.3) is 0 Å². The summed E-state index contributed by atoms with van der Waals surface area (Å²) < 4.78 is 26.9. The number of anilines is 1. The average Bonchev–Trinajstić information content (AvgIpc) is 2.42. The first-order valence-electron chi connectivity index (χ1n) is 6.36. The van der Waals surface area contributed by atoms with Crippen LogP contribution in [0.15, 0.2) is 36.4 Å². The number of benzene rings is 2. The van der Waals surface area contributed by atoms with E-state index in [0.29, 0.717) is 10.6 Å². The molecule has 0 fully saturated rings. The van der Waals surface area contributed by atoms with E-state index in [1.165, 1.54) is 11.0 Å². The summed E-state index contributed by atoms with van der Waals surface area (Å²) >= 11 is 5.79. The van der Waals surface area contributed by atoms with Crippen LogP contribution in [0.3, 0.4) is 0 Å². The zero-order valence-corrected chi connectivity index (χ0v) is 14.3. The number of hydrogen-bond acceptors (Lipinski definition) is 1. The largest absolute Gasteiger partial charge is 0.357 e. The monoisotopic (exact) mass is 356 g/mol. The van der Waals surface area contributed by atoms with Gasteiger partial charge in [-0.05, 0) is 43.8 Å².